The molecule has 0 unspecified atom stereocenters. The van der Waals surface area contributed by atoms with Gasteiger partial charge in [-0.1, -0.05) is 0 Å². The maximum atomic E-state index is 10.3. The number of aldehydes is 1. The van der Waals surface area contributed by atoms with Gasteiger partial charge in [0.1, 0.15) is 36.5 Å². The molecule has 0 radical (unpaired) electrons. The number of aliphatic hydroxyl groups is 5. The molecule has 0 amide bonds. The number of carbonyl (C=O) groups is 3. The third kappa shape index (κ3) is 11.5. The van der Waals surface area contributed by atoms with Gasteiger partial charge in [0.2, 0.25) is 0 Å². The second-order valence-corrected chi connectivity index (χ2v) is 6.55. The zero-order valence-electron chi connectivity index (χ0n) is 16.6. The number of H-pyrrole nitrogens is 1. The Morgan fingerprint density at radius 2 is 1.87 bits per heavy atom. The average molecular weight is 450 g/mol. The highest BCUT2D eigenvalue weighted by Crippen LogP contribution is 2.04. The lowest BCUT2D eigenvalue weighted by molar-refractivity contribution is -0.139. The van der Waals surface area contributed by atoms with Crippen LogP contribution in [0.3, 0.4) is 0 Å². The van der Waals surface area contributed by atoms with Gasteiger partial charge in [0.25, 0.3) is 0 Å². The summed E-state index contributed by atoms with van der Waals surface area (Å²) in [6.45, 7) is 0.0980. The Morgan fingerprint density at radius 1 is 1.23 bits per heavy atom. The third-order valence-corrected chi connectivity index (χ3v) is 4.08. The van der Waals surface area contributed by atoms with Crippen molar-refractivity contribution in [1.29, 1.82) is 0 Å². The highest BCUT2D eigenvalue weighted by Gasteiger charge is 2.29. The van der Waals surface area contributed by atoms with Crippen molar-refractivity contribution in [2.75, 3.05) is 13.2 Å². The van der Waals surface area contributed by atoms with E-state index in [0.717, 1.165) is 19.4 Å². The molecule has 0 bridgehead atoms. The van der Waals surface area contributed by atoms with Crippen LogP contribution in [0.2, 0.25) is 0 Å². The summed E-state index contributed by atoms with van der Waals surface area (Å²) in [5.41, 5.74) is 5.92. The Balaban J connectivity index is 0.000000443. The Hall–Kier alpha value is -2.46. The van der Waals surface area contributed by atoms with E-state index < -0.39 is 49.0 Å². The van der Waals surface area contributed by atoms with Crippen LogP contribution < -0.4 is 11.1 Å². The maximum Gasteiger partial charge on any atom is 0.320 e. The van der Waals surface area contributed by atoms with Crippen LogP contribution in [-0.4, -0.2) is 114 Å². The molecule has 2 heterocycles. The van der Waals surface area contributed by atoms with Gasteiger partial charge in [-0.05, 0) is 19.4 Å². The third-order valence-electron chi connectivity index (χ3n) is 4.08. The van der Waals surface area contributed by atoms with Crippen LogP contribution in [0.1, 0.15) is 18.5 Å². The van der Waals surface area contributed by atoms with E-state index >= 15 is 0 Å². The average Bonchev–Trinajstić information content (AvgIpc) is 3.46. The van der Waals surface area contributed by atoms with Gasteiger partial charge in [-0.2, -0.15) is 0 Å². The van der Waals surface area contributed by atoms with E-state index in [2.05, 4.69) is 15.3 Å². The smallest absolute Gasteiger partial charge is 0.320 e. The highest BCUT2D eigenvalue weighted by atomic mass is 16.4. The van der Waals surface area contributed by atoms with E-state index in [1.54, 1.807) is 6.20 Å². The van der Waals surface area contributed by atoms with Crippen LogP contribution in [0.4, 0.5) is 0 Å². The van der Waals surface area contributed by atoms with Crippen LogP contribution >= 0.6 is 0 Å². The Labute approximate surface area is 177 Å². The number of hydrogen-bond donors (Lipinski definition) is 10. The summed E-state index contributed by atoms with van der Waals surface area (Å²) in [5.74, 6) is -1.73. The Bertz CT molecular complexity index is 639. The molecule has 0 spiro atoms. The fraction of sp³-hybridized carbons (Fsp3) is 0.647. The number of hydrogen-bond acceptors (Lipinski definition) is 11. The van der Waals surface area contributed by atoms with Gasteiger partial charge in [0.05, 0.1) is 18.6 Å². The van der Waals surface area contributed by atoms with Crippen LogP contribution in [0.25, 0.3) is 0 Å². The number of rotatable bonds is 9. The van der Waals surface area contributed by atoms with Crippen molar-refractivity contribution >= 4 is 18.2 Å². The fourth-order valence-electron chi connectivity index (χ4n) is 2.23. The van der Waals surface area contributed by atoms with Gasteiger partial charge in [0.15, 0.2) is 6.29 Å². The SMILES string of the molecule is N[C@@H](Cc1c[nH]cn1)C(=O)O.O=C(O)[C@@H]1CCCN1.O=C[C@H](O)[C@@H](O)[C@H](O)[C@H](O)CO. The molecule has 0 aliphatic carbocycles. The van der Waals surface area contributed by atoms with Gasteiger partial charge in [-0.3, -0.25) is 9.59 Å². The fourth-order valence-corrected chi connectivity index (χ4v) is 2.23. The summed E-state index contributed by atoms with van der Waals surface area (Å²) >= 11 is 0. The van der Waals surface area contributed by atoms with Crippen molar-refractivity contribution in [1.82, 2.24) is 15.3 Å². The first-order valence-electron chi connectivity index (χ1n) is 9.25. The zero-order valence-corrected chi connectivity index (χ0v) is 16.6. The van der Waals surface area contributed by atoms with Crippen LogP contribution in [0.5, 0.6) is 0 Å². The number of aliphatic hydroxyl groups excluding tert-OH is 5. The van der Waals surface area contributed by atoms with Gasteiger partial charge in [0, 0.05) is 12.6 Å². The second kappa shape index (κ2) is 15.4. The molecule has 1 saturated heterocycles. The molecule has 178 valence electrons. The largest absolute Gasteiger partial charge is 0.480 e. The summed E-state index contributed by atoms with van der Waals surface area (Å²) < 4.78 is 0. The lowest BCUT2D eigenvalue weighted by atomic mass is 10.0. The van der Waals surface area contributed by atoms with Crippen molar-refractivity contribution in [2.24, 2.45) is 5.73 Å². The van der Waals surface area contributed by atoms with Gasteiger partial charge >= 0.3 is 11.9 Å². The number of carboxylic acid groups (broad SMARTS) is 2. The first-order chi connectivity index (χ1) is 14.5. The number of carbonyl (C=O) groups excluding carboxylic acids is 1. The van der Waals surface area contributed by atoms with E-state index in [-0.39, 0.29) is 18.7 Å². The minimum atomic E-state index is -1.79. The van der Waals surface area contributed by atoms with Crippen LogP contribution in [0, 0.1) is 0 Å². The van der Waals surface area contributed by atoms with E-state index in [4.69, 9.17) is 41.5 Å². The number of aromatic amines is 1. The number of nitrogens with zero attached hydrogens (tertiary/aromatic N) is 1. The van der Waals surface area contributed by atoms with E-state index in [0.29, 0.717) is 5.69 Å². The van der Waals surface area contributed by atoms with Crippen LogP contribution in [0.15, 0.2) is 12.5 Å². The van der Waals surface area contributed by atoms with E-state index in [1.807, 2.05) is 0 Å². The van der Waals surface area contributed by atoms with Gasteiger partial charge < -0.3 is 56.6 Å². The summed E-state index contributed by atoms with van der Waals surface area (Å²) in [6, 6.07) is -1.13. The molecule has 1 aromatic heterocycles. The molecule has 1 aromatic rings. The van der Waals surface area contributed by atoms with Crippen molar-refractivity contribution in [2.45, 2.75) is 55.8 Å². The molecule has 31 heavy (non-hydrogen) atoms. The predicted octanol–water partition coefficient (Wildman–Crippen LogP) is -4.19. The number of nitrogens with two attached hydrogens (primary N) is 1. The summed E-state index contributed by atoms with van der Waals surface area (Å²) in [4.78, 5) is 36.9. The Kier molecular flexibility index (Phi) is 14.1. The number of carboxylic acids is 2. The minimum absolute atomic E-state index is 0.0258. The summed E-state index contributed by atoms with van der Waals surface area (Å²) in [5, 5.41) is 63.2. The molecule has 14 nitrogen and oxygen atoms in total. The molecule has 11 N–H and O–H groups in total. The molecule has 1 aliphatic heterocycles. The first-order valence-corrected chi connectivity index (χ1v) is 9.25. The summed E-state index contributed by atoms with van der Waals surface area (Å²) in [6.07, 6.45) is -1.67. The number of aromatic nitrogens is 2. The molecule has 0 aromatic carbocycles. The number of nitrogens with one attached hydrogen (secondary N) is 2. The van der Waals surface area contributed by atoms with Crippen LogP contribution in [-0.2, 0) is 20.8 Å². The van der Waals surface area contributed by atoms with Crippen molar-refractivity contribution in [3.63, 3.8) is 0 Å². The summed E-state index contributed by atoms with van der Waals surface area (Å²) in [7, 11) is 0. The molecule has 6 atom stereocenters. The quantitative estimate of drug-likeness (QED) is 0.160. The van der Waals surface area contributed by atoms with Crippen molar-refractivity contribution in [3.05, 3.63) is 18.2 Å². The molecule has 1 fully saturated rings. The van der Waals surface area contributed by atoms with E-state index in [1.165, 1.54) is 6.33 Å². The first kappa shape index (κ1) is 28.5. The monoisotopic (exact) mass is 450 g/mol. The predicted molar refractivity (Wildman–Crippen MR) is 104 cm³/mol. The number of aliphatic carboxylic acids is 2. The van der Waals surface area contributed by atoms with Crippen molar-refractivity contribution < 1.29 is 50.1 Å². The lowest BCUT2D eigenvalue weighted by Crippen LogP contribution is -2.46. The lowest BCUT2D eigenvalue weighted by Gasteiger charge is -2.22. The zero-order chi connectivity index (χ0) is 24.0. The van der Waals surface area contributed by atoms with Gasteiger partial charge in [-0.25, -0.2) is 4.98 Å². The molecule has 14 heteroatoms. The maximum absolute atomic E-state index is 10.3. The molecular weight excluding hydrogens is 420 g/mol. The van der Waals surface area contributed by atoms with E-state index in [9.17, 15) is 14.4 Å². The minimum Gasteiger partial charge on any atom is -0.480 e. The molecule has 1 aliphatic rings. The second-order valence-electron chi connectivity index (χ2n) is 6.55. The van der Waals surface area contributed by atoms with Gasteiger partial charge in [-0.15, -0.1) is 0 Å². The highest BCUT2D eigenvalue weighted by molar-refractivity contribution is 5.73. The topological polar surface area (TPSA) is 260 Å². The number of imidazole rings is 1. The standard InChI is InChI=1S/C6H9N3O2.C6H12O6.C5H9NO2/c7-5(6(10)11)1-4-2-8-3-9-4;7-1-3(9)5(11)6(12)4(10)2-8;7-5(8)4-2-1-3-6-4/h2-3,5H,1,7H2,(H,8,9)(H,10,11);1,3-6,8-12H,2H2;4,6H,1-3H2,(H,7,8)/t5-;3-,4+,5+,6+;4-/m000/s1. The van der Waals surface area contributed by atoms with Crippen molar-refractivity contribution in [3.8, 4) is 0 Å². The normalized spacial score (nSPS) is 20.0. The molecular formula is C17H30N4O10. The molecule has 2 rings (SSSR count). The Morgan fingerprint density at radius 3 is 2.23 bits per heavy atom. The molecule has 0 saturated carbocycles.